The van der Waals surface area contributed by atoms with Crippen LogP contribution in [-0.2, 0) is 0 Å². The minimum Gasteiger partial charge on any atom is -0.337 e. The van der Waals surface area contributed by atoms with Gasteiger partial charge in [-0.25, -0.2) is 9.97 Å². The minimum atomic E-state index is 0.817. The molecule has 14 heavy (non-hydrogen) atoms. The van der Waals surface area contributed by atoms with Crippen molar-refractivity contribution >= 4 is 21.9 Å². The normalized spacial score (nSPS) is 16.7. The third-order valence-corrected chi connectivity index (χ3v) is 2.74. The predicted octanol–water partition coefficient (Wildman–Crippen LogP) is 2.40. The summed E-state index contributed by atoms with van der Waals surface area (Å²) < 4.78 is 0.921. The molecule has 0 spiro atoms. The maximum Gasteiger partial charge on any atom is 0.225 e. The van der Waals surface area contributed by atoms with Crippen LogP contribution in [0.4, 0.5) is 5.95 Å². The number of hydrogen-bond acceptors (Lipinski definition) is 3. The first-order valence-electron chi connectivity index (χ1n) is 4.64. The molecular weight excluding hydrogens is 242 g/mol. The van der Waals surface area contributed by atoms with Gasteiger partial charge in [0.05, 0.1) is 4.47 Å². The summed E-state index contributed by atoms with van der Waals surface area (Å²) in [4.78, 5) is 10.7. The van der Waals surface area contributed by atoms with Crippen molar-refractivity contribution in [1.82, 2.24) is 9.97 Å². The van der Waals surface area contributed by atoms with E-state index in [-0.39, 0.29) is 0 Å². The second kappa shape index (κ2) is 4.09. The second-order valence-corrected chi connectivity index (χ2v) is 4.36. The SMILES string of the molecule is CC1=CCN(c2ncc(Br)cn2)CC1. The Kier molecular flexibility index (Phi) is 2.82. The molecule has 2 rings (SSSR count). The summed E-state index contributed by atoms with van der Waals surface area (Å²) in [6.45, 7) is 4.11. The molecule has 0 aromatic carbocycles. The lowest BCUT2D eigenvalue weighted by Gasteiger charge is -2.25. The average Bonchev–Trinajstić information content (AvgIpc) is 2.21. The number of aromatic nitrogens is 2. The molecule has 0 saturated carbocycles. The molecule has 4 heteroatoms. The van der Waals surface area contributed by atoms with Crippen LogP contribution in [-0.4, -0.2) is 23.1 Å². The van der Waals surface area contributed by atoms with Crippen molar-refractivity contribution in [2.45, 2.75) is 13.3 Å². The Morgan fingerprint density at radius 1 is 1.36 bits per heavy atom. The largest absolute Gasteiger partial charge is 0.337 e. The fourth-order valence-electron chi connectivity index (χ4n) is 1.42. The van der Waals surface area contributed by atoms with Gasteiger partial charge in [-0.3, -0.25) is 0 Å². The molecule has 0 fully saturated rings. The van der Waals surface area contributed by atoms with Crippen LogP contribution in [0.1, 0.15) is 13.3 Å². The summed E-state index contributed by atoms with van der Waals surface area (Å²) in [7, 11) is 0. The highest BCUT2D eigenvalue weighted by Crippen LogP contribution is 2.16. The summed E-state index contributed by atoms with van der Waals surface area (Å²) in [5, 5.41) is 0. The van der Waals surface area contributed by atoms with Crippen LogP contribution < -0.4 is 4.90 Å². The molecule has 0 saturated heterocycles. The molecule has 0 N–H and O–H groups in total. The first-order chi connectivity index (χ1) is 6.75. The Morgan fingerprint density at radius 2 is 2.07 bits per heavy atom. The average molecular weight is 254 g/mol. The smallest absolute Gasteiger partial charge is 0.225 e. The van der Waals surface area contributed by atoms with E-state index in [4.69, 9.17) is 0 Å². The van der Waals surface area contributed by atoms with E-state index in [1.165, 1.54) is 5.57 Å². The van der Waals surface area contributed by atoms with Gasteiger partial charge in [-0.15, -0.1) is 0 Å². The molecule has 3 nitrogen and oxygen atoms in total. The van der Waals surface area contributed by atoms with Crippen LogP contribution in [0.15, 0.2) is 28.5 Å². The summed E-state index contributed by atoms with van der Waals surface area (Å²) in [6.07, 6.45) is 6.91. The highest BCUT2D eigenvalue weighted by Gasteiger charge is 2.11. The van der Waals surface area contributed by atoms with Crippen LogP contribution in [0.5, 0.6) is 0 Å². The Labute approximate surface area is 92.0 Å². The number of anilines is 1. The molecule has 74 valence electrons. The minimum absolute atomic E-state index is 0.817. The van der Waals surface area contributed by atoms with E-state index in [1.54, 1.807) is 12.4 Å². The van der Waals surface area contributed by atoms with E-state index in [9.17, 15) is 0 Å². The number of halogens is 1. The number of hydrogen-bond donors (Lipinski definition) is 0. The zero-order chi connectivity index (χ0) is 9.97. The van der Waals surface area contributed by atoms with Crippen molar-refractivity contribution in [1.29, 1.82) is 0 Å². The Balaban J connectivity index is 2.13. The van der Waals surface area contributed by atoms with E-state index in [0.717, 1.165) is 29.9 Å². The molecule has 0 atom stereocenters. The van der Waals surface area contributed by atoms with Gasteiger partial charge in [0.2, 0.25) is 5.95 Å². The van der Waals surface area contributed by atoms with Gasteiger partial charge in [0.15, 0.2) is 0 Å². The van der Waals surface area contributed by atoms with E-state index in [1.807, 2.05) is 0 Å². The van der Waals surface area contributed by atoms with Crippen molar-refractivity contribution in [2.75, 3.05) is 18.0 Å². The van der Waals surface area contributed by atoms with Crippen molar-refractivity contribution in [3.63, 3.8) is 0 Å². The van der Waals surface area contributed by atoms with Crippen molar-refractivity contribution < 1.29 is 0 Å². The van der Waals surface area contributed by atoms with E-state index >= 15 is 0 Å². The Bertz CT molecular complexity index is 345. The number of rotatable bonds is 1. The fraction of sp³-hybridized carbons (Fsp3) is 0.400. The summed E-state index contributed by atoms with van der Waals surface area (Å²) >= 11 is 3.32. The lowest BCUT2D eigenvalue weighted by molar-refractivity contribution is 0.759. The molecule has 2 heterocycles. The fourth-order valence-corrected chi connectivity index (χ4v) is 1.63. The van der Waals surface area contributed by atoms with Gasteiger partial charge in [-0.05, 0) is 29.3 Å². The summed E-state index contributed by atoms with van der Waals surface area (Å²) in [5.41, 5.74) is 1.46. The topological polar surface area (TPSA) is 29.0 Å². The lowest BCUT2D eigenvalue weighted by atomic mass is 10.1. The third kappa shape index (κ3) is 2.12. The van der Waals surface area contributed by atoms with Crippen LogP contribution in [0.3, 0.4) is 0 Å². The van der Waals surface area contributed by atoms with Gasteiger partial charge in [0.1, 0.15) is 0 Å². The lowest BCUT2D eigenvalue weighted by Crippen LogP contribution is -2.29. The standard InChI is InChI=1S/C10H12BrN3/c1-8-2-4-14(5-3-8)10-12-6-9(11)7-13-10/h2,6-7H,3-5H2,1H3. The molecule has 0 radical (unpaired) electrons. The molecule has 1 aliphatic heterocycles. The van der Waals surface area contributed by atoms with Gasteiger partial charge in [0.25, 0.3) is 0 Å². The monoisotopic (exact) mass is 253 g/mol. The Morgan fingerprint density at radius 3 is 2.64 bits per heavy atom. The van der Waals surface area contributed by atoms with E-state index in [2.05, 4.69) is 43.8 Å². The van der Waals surface area contributed by atoms with Crippen molar-refractivity contribution in [3.05, 3.63) is 28.5 Å². The van der Waals surface area contributed by atoms with Gasteiger partial charge >= 0.3 is 0 Å². The van der Waals surface area contributed by atoms with Gasteiger partial charge in [-0.1, -0.05) is 11.6 Å². The zero-order valence-corrected chi connectivity index (χ0v) is 9.66. The van der Waals surface area contributed by atoms with E-state index < -0.39 is 0 Å². The Hall–Kier alpha value is -0.900. The zero-order valence-electron chi connectivity index (χ0n) is 8.07. The highest BCUT2D eigenvalue weighted by atomic mass is 79.9. The van der Waals surface area contributed by atoms with Crippen LogP contribution in [0.2, 0.25) is 0 Å². The molecule has 1 aromatic heterocycles. The van der Waals surface area contributed by atoms with E-state index in [0.29, 0.717) is 0 Å². The summed E-state index contributed by atoms with van der Waals surface area (Å²) in [5.74, 6) is 0.817. The molecule has 0 unspecified atom stereocenters. The molecule has 1 aromatic rings. The summed E-state index contributed by atoms with van der Waals surface area (Å²) in [6, 6.07) is 0. The predicted molar refractivity (Wildman–Crippen MR) is 60.3 cm³/mol. The van der Waals surface area contributed by atoms with Crippen LogP contribution in [0, 0.1) is 0 Å². The maximum absolute atomic E-state index is 4.27. The molecule has 0 amide bonds. The first kappa shape index (κ1) is 9.65. The molecular formula is C10H12BrN3. The van der Waals surface area contributed by atoms with Crippen LogP contribution >= 0.6 is 15.9 Å². The quantitative estimate of drug-likeness (QED) is 0.720. The van der Waals surface area contributed by atoms with Gasteiger partial charge in [-0.2, -0.15) is 0 Å². The highest BCUT2D eigenvalue weighted by molar-refractivity contribution is 9.10. The van der Waals surface area contributed by atoms with Gasteiger partial charge < -0.3 is 4.90 Å². The maximum atomic E-state index is 4.27. The molecule has 1 aliphatic rings. The van der Waals surface area contributed by atoms with Crippen molar-refractivity contribution in [2.24, 2.45) is 0 Å². The van der Waals surface area contributed by atoms with Crippen molar-refractivity contribution in [3.8, 4) is 0 Å². The first-order valence-corrected chi connectivity index (χ1v) is 5.43. The second-order valence-electron chi connectivity index (χ2n) is 3.45. The molecule has 0 bridgehead atoms. The van der Waals surface area contributed by atoms with Gasteiger partial charge in [0, 0.05) is 25.5 Å². The van der Waals surface area contributed by atoms with Crippen LogP contribution in [0.25, 0.3) is 0 Å². The third-order valence-electron chi connectivity index (χ3n) is 2.33. The molecule has 0 aliphatic carbocycles. The number of nitrogens with zero attached hydrogens (tertiary/aromatic N) is 3.